The Morgan fingerprint density at radius 3 is 2.89 bits per heavy atom. The predicted molar refractivity (Wildman–Crippen MR) is 80.0 cm³/mol. The van der Waals surface area contributed by atoms with Crippen molar-refractivity contribution < 1.29 is 4.74 Å². The van der Waals surface area contributed by atoms with Crippen LogP contribution in [0.3, 0.4) is 0 Å². The van der Waals surface area contributed by atoms with Gasteiger partial charge >= 0.3 is 0 Å². The van der Waals surface area contributed by atoms with Gasteiger partial charge in [0.15, 0.2) is 0 Å². The maximum atomic E-state index is 6.31. The minimum absolute atomic E-state index is 0.562. The van der Waals surface area contributed by atoms with Crippen molar-refractivity contribution in [3.63, 3.8) is 0 Å². The highest BCUT2D eigenvalue weighted by atomic mass is 35.5. The molecule has 1 heterocycles. The molecule has 0 saturated carbocycles. The van der Waals surface area contributed by atoms with Gasteiger partial charge in [-0.25, -0.2) is 0 Å². The number of nitrogens with one attached hydrogen (secondary N) is 1. The van der Waals surface area contributed by atoms with Crippen molar-refractivity contribution in [3.8, 4) is 5.75 Å². The molecule has 1 saturated heterocycles. The molecule has 1 N–H and O–H groups in total. The number of ether oxygens (including phenoxy) is 1. The van der Waals surface area contributed by atoms with E-state index in [2.05, 4.69) is 17.1 Å². The summed E-state index contributed by atoms with van der Waals surface area (Å²) in [4.78, 5) is 2.48. The summed E-state index contributed by atoms with van der Waals surface area (Å²) in [5.74, 6) is 0.885. The van der Waals surface area contributed by atoms with Gasteiger partial charge in [0, 0.05) is 35.8 Å². The number of rotatable bonds is 4. The smallest absolute Gasteiger partial charge is 0.124 e. The van der Waals surface area contributed by atoms with Crippen LogP contribution in [0.1, 0.15) is 25.3 Å². The first-order valence-corrected chi connectivity index (χ1v) is 7.26. The molecule has 19 heavy (non-hydrogen) atoms. The maximum absolute atomic E-state index is 6.31. The highest BCUT2D eigenvalue weighted by molar-refractivity contribution is 6.31. The average molecular weight is 283 g/mol. The summed E-state index contributed by atoms with van der Waals surface area (Å²) >= 11 is 6.31. The number of hydrogen-bond donors (Lipinski definition) is 1. The van der Waals surface area contributed by atoms with Crippen LogP contribution in [0.15, 0.2) is 18.2 Å². The third-order valence-electron chi connectivity index (χ3n) is 4.08. The van der Waals surface area contributed by atoms with Crippen molar-refractivity contribution in [2.45, 2.75) is 38.4 Å². The molecule has 0 aliphatic carbocycles. The van der Waals surface area contributed by atoms with Crippen LogP contribution in [0, 0.1) is 0 Å². The summed E-state index contributed by atoms with van der Waals surface area (Å²) in [5.41, 5.74) is 1.10. The second kappa shape index (κ2) is 6.60. The lowest BCUT2D eigenvalue weighted by Gasteiger charge is -2.38. The zero-order chi connectivity index (χ0) is 13.8. The lowest BCUT2D eigenvalue weighted by atomic mass is 9.97. The molecule has 0 amide bonds. The third-order valence-corrected chi connectivity index (χ3v) is 4.43. The van der Waals surface area contributed by atoms with Crippen molar-refractivity contribution in [1.82, 2.24) is 10.2 Å². The van der Waals surface area contributed by atoms with E-state index in [0.717, 1.165) is 29.4 Å². The quantitative estimate of drug-likeness (QED) is 0.919. The van der Waals surface area contributed by atoms with E-state index in [9.17, 15) is 0 Å². The molecule has 4 heteroatoms. The van der Waals surface area contributed by atoms with Gasteiger partial charge in [-0.1, -0.05) is 17.7 Å². The molecule has 1 aromatic carbocycles. The molecule has 2 rings (SSSR count). The number of nitrogens with zero attached hydrogens (tertiary/aromatic N) is 1. The Bertz CT molecular complexity index is 425. The average Bonchev–Trinajstić information content (AvgIpc) is 2.42. The zero-order valence-corrected chi connectivity index (χ0v) is 12.7. The molecule has 106 valence electrons. The molecule has 1 aromatic rings. The van der Waals surface area contributed by atoms with Crippen molar-refractivity contribution in [3.05, 3.63) is 28.8 Å². The number of piperidine rings is 1. The summed E-state index contributed by atoms with van der Waals surface area (Å²) in [5, 5.41) is 4.17. The maximum Gasteiger partial charge on any atom is 0.124 e. The van der Waals surface area contributed by atoms with Crippen LogP contribution in [0.4, 0.5) is 0 Å². The molecular weight excluding hydrogens is 260 g/mol. The lowest BCUT2D eigenvalue weighted by molar-refractivity contribution is 0.130. The number of methoxy groups -OCH3 is 1. The fourth-order valence-electron chi connectivity index (χ4n) is 2.80. The number of halogens is 1. The zero-order valence-electron chi connectivity index (χ0n) is 11.9. The SMILES string of the molecule is CNC1CCN(Cc2c(Cl)cccc2OC)C(C)C1. The van der Waals surface area contributed by atoms with Crippen molar-refractivity contribution in [1.29, 1.82) is 0 Å². The van der Waals surface area contributed by atoms with Crippen LogP contribution >= 0.6 is 11.6 Å². The molecular formula is C15H23ClN2O. The number of benzene rings is 1. The van der Waals surface area contributed by atoms with E-state index in [0.29, 0.717) is 12.1 Å². The first kappa shape index (κ1) is 14.6. The van der Waals surface area contributed by atoms with Crippen LogP contribution in [-0.4, -0.2) is 37.7 Å². The summed E-state index contributed by atoms with van der Waals surface area (Å²) < 4.78 is 5.42. The number of hydrogen-bond acceptors (Lipinski definition) is 3. The minimum atomic E-state index is 0.562. The Balaban J connectivity index is 2.09. The van der Waals surface area contributed by atoms with Crippen LogP contribution in [0.25, 0.3) is 0 Å². The fraction of sp³-hybridized carbons (Fsp3) is 0.600. The summed E-state index contributed by atoms with van der Waals surface area (Å²) in [6, 6.07) is 7.05. The van der Waals surface area contributed by atoms with E-state index in [1.165, 1.54) is 12.8 Å². The van der Waals surface area contributed by atoms with Gasteiger partial charge in [-0.15, -0.1) is 0 Å². The molecule has 0 radical (unpaired) electrons. The van der Waals surface area contributed by atoms with Gasteiger partial charge in [-0.2, -0.15) is 0 Å². The molecule has 0 bridgehead atoms. The largest absolute Gasteiger partial charge is 0.496 e. The first-order chi connectivity index (χ1) is 9.15. The van der Waals surface area contributed by atoms with E-state index >= 15 is 0 Å². The first-order valence-electron chi connectivity index (χ1n) is 6.88. The molecule has 1 fully saturated rings. The molecule has 2 atom stereocenters. The monoisotopic (exact) mass is 282 g/mol. The molecule has 0 aromatic heterocycles. The Hall–Kier alpha value is -0.770. The van der Waals surface area contributed by atoms with Gasteiger partial charge in [0.2, 0.25) is 0 Å². The molecule has 1 aliphatic heterocycles. The Morgan fingerprint density at radius 2 is 2.26 bits per heavy atom. The Kier molecular flexibility index (Phi) is 5.08. The Labute approximate surface area is 120 Å². The second-order valence-corrected chi connectivity index (χ2v) is 5.66. The van der Waals surface area contributed by atoms with Gasteiger partial charge in [-0.3, -0.25) is 4.90 Å². The fourth-order valence-corrected chi connectivity index (χ4v) is 3.03. The van der Waals surface area contributed by atoms with Crippen LogP contribution in [-0.2, 0) is 6.54 Å². The molecule has 0 spiro atoms. The van der Waals surface area contributed by atoms with Gasteiger partial charge in [0.05, 0.1) is 7.11 Å². The van der Waals surface area contributed by atoms with Crippen molar-refractivity contribution in [2.24, 2.45) is 0 Å². The predicted octanol–water partition coefficient (Wildman–Crippen LogP) is 2.92. The summed E-state index contributed by atoms with van der Waals surface area (Å²) in [6.45, 7) is 4.24. The second-order valence-electron chi connectivity index (χ2n) is 5.25. The van der Waals surface area contributed by atoms with Crippen LogP contribution in [0.5, 0.6) is 5.75 Å². The van der Waals surface area contributed by atoms with Crippen LogP contribution in [0.2, 0.25) is 5.02 Å². The van der Waals surface area contributed by atoms with E-state index in [-0.39, 0.29) is 0 Å². The number of likely N-dealkylation sites (tertiary alicyclic amines) is 1. The van der Waals surface area contributed by atoms with Crippen molar-refractivity contribution in [2.75, 3.05) is 20.7 Å². The van der Waals surface area contributed by atoms with Gasteiger partial charge < -0.3 is 10.1 Å². The van der Waals surface area contributed by atoms with Gasteiger partial charge in [0.1, 0.15) is 5.75 Å². The van der Waals surface area contributed by atoms with E-state index in [1.807, 2.05) is 25.2 Å². The molecule has 2 unspecified atom stereocenters. The van der Waals surface area contributed by atoms with E-state index in [4.69, 9.17) is 16.3 Å². The summed E-state index contributed by atoms with van der Waals surface area (Å²) in [7, 11) is 3.75. The highest BCUT2D eigenvalue weighted by Crippen LogP contribution is 2.29. The van der Waals surface area contributed by atoms with E-state index < -0.39 is 0 Å². The molecule has 1 aliphatic rings. The summed E-state index contributed by atoms with van der Waals surface area (Å²) in [6.07, 6.45) is 2.37. The van der Waals surface area contributed by atoms with Gasteiger partial charge in [0.25, 0.3) is 0 Å². The van der Waals surface area contributed by atoms with Crippen LogP contribution < -0.4 is 10.1 Å². The Morgan fingerprint density at radius 1 is 1.47 bits per heavy atom. The molecule has 3 nitrogen and oxygen atoms in total. The minimum Gasteiger partial charge on any atom is -0.496 e. The topological polar surface area (TPSA) is 24.5 Å². The van der Waals surface area contributed by atoms with Crippen molar-refractivity contribution >= 4 is 11.6 Å². The lowest BCUT2D eigenvalue weighted by Crippen LogP contribution is -2.46. The standard InChI is InChI=1S/C15H23ClN2O/c1-11-9-12(17-2)7-8-18(11)10-13-14(16)5-4-6-15(13)19-3/h4-6,11-12,17H,7-10H2,1-3H3. The third kappa shape index (κ3) is 3.41. The normalized spacial score (nSPS) is 24.4. The van der Waals surface area contributed by atoms with Gasteiger partial charge in [-0.05, 0) is 38.9 Å². The highest BCUT2D eigenvalue weighted by Gasteiger charge is 2.25. The van der Waals surface area contributed by atoms with E-state index in [1.54, 1.807) is 7.11 Å².